The second-order valence-corrected chi connectivity index (χ2v) is 9.79. The monoisotopic (exact) mass is 435 g/mol. The van der Waals surface area contributed by atoms with Crippen LogP contribution in [0.25, 0.3) is 0 Å². The lowest BCUT2D eigenvalue weighted by Crippen LogP contribution is -2.56. The fourth-order valence-corrected chi connectivity index (χ4v) is 4.94. The molecule has 0 aliphatic carbocycles. The molecule has 0 bridgehead atoms. The second kappa shape index (κ2) is 18.9. The van der Waals surface area contributed by atoms with Gasteiger partial charge in [0.2, 0.25) is 5.84 Å². The molecule has 0 aromatic carbocycles. The zero-order valence-corrected chi connectivity index (χ0v) is 21.4. The Bertz CT molecular complexity index is 472. The largest absolute Gasteiger partial charge is 0.345 e. The fourth-order valence-electron chi connectivity index (χ4n) is 4.94. The molecule has 0 saturated heterocycles. The van der Waals surface area contributed by atoms with Gasteiger partial charge in [-0.25, -0.2) is 9.48 Å². The number of aliphatic hydroxyl groups excluding tert-OH is 1. The second-order valence-electron chi connectivity index (χ2n) is 9.79. The summed E-state index contributed by atoms with van der Waals surface area (Å²) in [5.74, 6) is 1.07. The Balaban J connectivity index is 1.86. The summed E-state index contributed by atoms with van der Waals surface area (Å²) in [5, 5.41) is 10.2. The molecule has 0 spiro atoms. The van der Waals surface area contributed by atoms with E-state index in [1.54, 1.807) is 0 Å². The van der Waals surface area contributed by atoms with Crippen molar-refractivity contribution in [1.29, 1.82) is 0 Å². The summed E-state index contributed by atoms with van der Waals surface area (Å²) in [7, 11) is 0. The molecule has 0 radical (unpaired) electrons. The number of hydrogen-bond donors (Lipinski definition) is 1. The molecule has 1 N–H and O–H groups in total. The van der Waals surface area contributed by atoms with Gasteiger partial charge in [0.15, 0.2) is 6.23 Å². The van der Waals surface area contributed by atoms with Gasteiger partial charge in [0.05, 0.1) is 13.1 Å². The van der Waals surface area contributed by atoms with E-state index in [1.165, 1.54) is 109 Å². The Morgan fingerprint density at radius 3 is 1.65 bits per heavy atom. The molecular weight excluding hydrogens is 380 g/mol. The summed E-state index contributed by atoms with van der Waals surface area (Å²) in [6.45, 7) is 9.04. The lowest BCUT2D eigenvalue weighted by Gasteiger charge is -2.35. The quantitative estimate of drug-likeness (QED) is 0.143. The Morgan fingerprint density at radius 2 is 1.23 bits per heavy atom. The van der Waals surface area contributed by atoms with Gasteiger partial charge >= 0.3 is 0 Å². The molecule has 182 valence electrons. The third kappa shape index (κ3) is 12.2. The number of unbranched alkanes of at least 4 members (excludes halogenated alkanes) is 17. The standard InChI is InChI=1S/C28H55N2O/c1-4-6-7-8-9-10-11-12-13-14-15-16-17-18-19-20-21-22-23-24-28-29-25-26-30(28,5-2)27(3)31/h23-24,27,31H,4-22,25-26H2,1-3H3/q+1/b24-23+. The Morgan fingerprint density at radius 1 is 0.774 bits per heavy atom. The van der Waals surface area contributed by atoms with Gasteiger partial charge in [-0.3, -0.25) is 0 Å². The molecule has 0 aromatic heterocycles. The minimum atomic E-state index is -0.365. The van der Waals surface area contributed by atoms with Crippen molar-refractivity contribution in [1.82, 2.24) is 0 Å². The predicted octanol–water partition coefficient (Wildman–Crippen LogP) is 8.17. The van der Waals surface area contributed by atoms with Crippen LogP contribution in [-0.2, 0) is 0 Å². The van der Waals surface area contributed by atoms with E-state index in [2.05, 4.69) is 31.0 Å². The van der Waals surface area contributed by atoms with E-state index in [0.717, 1.165) is 31.9 Å². The lowest BCUT2D eigenvalue weighted by atomic mass is 10.0. The van der Waals surface area contributed by atoms with Crippen LogP contribution in [0.2, 0.25) is 0 Å². The van der Waals surface area contributed by atoms with E-state index in [1.807, 2.05) is 6.92 Å². The van der Waals surface area contributed by atoms with Gasteiger partial charge < -0.3 is 5.11 Å². The van der Waals surface area contributed by atoms with Gasteiger partial charge in [-0.15, -0.1) is 0 Å². The van der Waals surface area contributed by atoms with E-state index in [4.69, 9.17) is 0 Å². The van der Waals surface area contributed by atoms with Crippen LogP contribution in [-0.4, -0.2) is 41.3 Å². The van der Waals surface area contributed by atoms with E-state index < -0.39 is 0 Å². The molecule has 3 nitrogen and oxygen atoms in total. The van der Waals surface area contributed by atoms with Crippen LogP contribution in [0.5, 0.6) is 0 Å². The third-order valence-electron chi connectivity index (χ3n) is 7.25. The normalized spacial score (nSPS) is 19.9. The van der Waals surface area contributed by atoms with Crippen LogP contribution < -0.4 is 0 Å². The molecule has 0 aromatic rings. The number of likely N-dealkylation sites (N-methyl/N-ethyl adjacent to an activating group) is 1. The van der Waals surface area contributed by atoms with Crippen LogP contribution in [0.15, 0.2) is 17.1 Å². The maximum absolute atomic E-state index is 10.2. The Hall–Kier alpha value is -0.670. The highest BCUT2D eigenvalue weighted by atomic mass is 16.3. The van der Waals surface area contributed by atoms with Crippen molar-refractivity contribution >= 4 is 5.84 Å². The number of amidine groups is 1. The molecule has 0 amide bonds. The van der Waals surface area contributed by atoms with Gasteiger partial charge in [0.1, 0.15) is 6.54 Å². The maximum atomic E-state index is 10.2. The smallest absolute Gasteiger partial charge is 0.224 e. The van der Waals surface area contributed by atoms with Crippen molar-refractivity contribution in [2.75, 3.05) is 19.6 Å². The fraction of sp³-hybridized carbons (Fsp3) is 0.893. The molecule has 1 aliphatic heterocycles. The first-order chi connectivity index (χ1) is 15.2. The molecule has 1 heterocycles. The van der Waals surface area contributed by atoms with Crippen molar-refractivity contribution in [3.8, 4) is 0 Å². The van der Waals surface area contributed by atoms with Gasteiger partial charge in [-0.1, -0.05) is 116 Å². The minimum Gasteiger partial charge on any atom is -0.345 e. The Labute approximate surface area is 195 Å². The highest BCUT2D eigenvalue weighted by Gasteiger charge is 2.39. The molecule has 3 heteroatoms. The van der Waals surface area contributed by atoms with Crippen molar-refractivity contribution in [3.05, 3.63) is 12.2 Å². The Kier molecular flexibility index (Phi) is 17.3. The number of nitrogens with zero attached hydrogens (tertiary/aromatic N) is 2. The van der Waals surface area contributed by atoms with Crippen LogP contribution in [0.4, 0.5) is 0 Å². The van der Waals surface area contributed by atoms with Gasteiger partial charge in [0, 0.05) is 13.0 Å². The molecule has 2 atom stereocenters. The third-order valence-corrected chi connectivity index (χ3v) is 7.25. The summed E-state index contributed by atoms with van der Waals surface area (Å²) in [6.07, 6.45) is 29.4. The average Bonchev–Trinajstić information content (AvgIpc) is 3.19. The maximum Gasteiger partial charge on any atom is 0.224 e. The minimum absolute atomic E-state index is 0.365. The highest BCUT2D eigenvalue weighted by molar-refractivity contribution is 5.88. The highest BCUT2D eigenvalue weighted by Crippen LogP contribution is 2.20. The van der Waals surface area contributed by atoms with Crippen LogP contribution >= 0.6 is 0 Å². The van der Waals surface area contributed by atoms with Gasteiger partial charge in [0.25, 0.3) is 0 Å². The van der Waals surface area contributed by atoms with E-state index in [9.17, 15) is 5.11 Å². The number of aliphatic hydroxyl groups is 1. The first-order valence-electron chi connectivity index (χ1n) is 13.9. The zero-order valence-electron chi connectivity index (χ0n) is 21.4. The van der Waals surface area contributed by atoms with Crippen LogP contribution in [0.3, 0.4) is 0 Å². The topological polar surface area (TPSA) is 32.6 Å². The molecule has 0 saturated carbocycles. The van der Waals surface area contributed by atoms with Crippen molar-refractivity contribution in [3.63, 3.8) is 0 Å². The van der Waals surface area contributed by atoms with E-state index >= 15 is 0 Å². The first-order valence-corrected chi connectivity index (χ1v) is 13.9. The van der Waals surface area contributed by atoms with E-state index in [-0.39, 0.29) is 6.23 Å². The summed E-state index contributed by atoms with van der Waals surface area (Å²) in [4.78, 5) is 4.64. The molecule has 1 rings (SSSR count). The number of quaternary nitrogens is 1. The molecular formula is C28H55N2O+. The van der Waals surface area contributed by atoms with Crippen molar-refractivity contribution < 1.29 is 9.59 Å². The zero-order chi connectivity index (χ0) is 22.6. The number of allylic oxidation sites excluding steroid dienone is 1. The first kappa shape index (κ1) is 28.4. The van der Waals surface area contributed by atoms with Crippen LogP contribution in [0.1, 0.15) is 136 Å². The number of aliphatic imine (C=N–C) groups is 1. The molecule has 31 heavy (non-hydrogen) atoms. The average molecular weight is 436 g/mol. The summed E-state index contributed by atoms with van der Waals surface area (Å²) >= 11 is 0. The molecule has 2 unspecified atom stereocenters. The van der Waals surface area contributed by atoms with Gasteiger partial charge in [-0.05, 0) is 19.8 Å². The molecule has 0 fully saturated rings. The predicted molar refractivity (Wildman–Crippen MR) is 138 cm³/mol. The van der Waals surface area contributed by atoms with E-state index in [0.29, 0.717) is 4.48 Å². The van der Waals surface area contributed by atoms with Crippen molar-refractivity contribution in [2.45, 2.75) is 143 Å². The van der Waals surface area contributed by atoms with Crippen LogP contribution in [0, 0.1) is 0 Å². The number of rotatable bonds is 21. The summed E-state index contributed by atoms with van der Waals surface area (Å²) in [6, 6.07) is 0. The van der Waals surface area contributed by atoms with Gasteiger partial charge in [-0.2, -0.15) is 0 Å². The summed E-state index contributed by atoms with van der Waals surface area (Å²) < 4.78 is 0.634. The van der Waals surface area contributed by atoms with Crippen molar-refractivity contribution in [2.24, 2.45) is 4.99 Å². The molecule has 1 aliphatic rings. The summed E-state index contributed by atoms with van der Waals surface area (Å²) in [5.41, 5.74) is 0. The lowest BCUT2D eigenvalue weighted by molar-refractivity contribution is -0.880. The SMILES string of the molecule is CCCCCCCCCCCCCCCCCCC/C=C/C1=NCC[N+]1(CC)C(C)O. The number of hydrogen-bond acceptors (Lipinski definition) is 2.